The molecule has 1 aromatic carbocycles. The van der Waals surface area contributed by atoms with E-state index in [0.29, 0.717) is 86.5 Å². The number of nitrogens with zero attached hydrogens (tertiary/aromatic N) is 6. The molecule has 2 N–H and O–H groups in total. The Hall–Kier alpha value is -4.94. The lowest BCUT2D eigenvalue weighted by Gasteiger charge is -2.36. The van der Waals surface area contributed by atoms with E-state index >= 15 is 0 Å². The zero-order valence-electron chi connectivity index (χ0n) is 24.3. The van der Waals surface area contributed by atoms with Crippen LogP contribution in [0.2, 0.25) is 0 Å². The molecule has 3 aromatic heterocycles. The number of piperazine rings is 1. The number of fused-ring (bicyclic) bond motifs is 1. The minimum atomic E-state index is -0.396. The first-order valence-electron chi connectivity index (χ1n) is 15.2. The molecule has 0 radical (unpaired) electrons. The van der Waals surface area contributed by atoms with Crippen LogP contribution in [-0.2, 0) is 4.79 Å². The van der Waals surface area contributed by atoms with E-state index in [1.165, 1.54) is 6.26 Å². The number of nitrogens with one attached hydrogen (secondary N) is 2. The first kappa shape index (κ1) is 27.9. The first-order valence-corrected chi connectivity index (χ1v) is 15.2. The Balaban J connectivity index is 1.05. The summed E-state index contributed by atoms with van der Waals surface area (Å²) in [5.41, 5.74) is 3.17. The van der Waals surface area contributed by atoms with Crippen LogP contribution >= 0.6 is 0 Å². The van der Waals surface area contributed by atoms with Gasteiger partial charge >= 0.3 is 0 Å². The van der Waals surface area contributed by atoms with Crippen LogP contribution in [0, 0.1) is 0 Å². The maximum absolute atomic E-state index is 13.3. The molecule has 1 saturated carbocycles. The lowest BCUT2D eigenvalue weighted by Crippen LogP contribution is -2.47. The average Bonchev–Trinajstić information content (AvgIpc) is 3.41. The molecule has 0 bridgehead atoms. The van der Waals surface area contributed by atoms with Gasteiger partial charge in [-0.05, 0) is 56.0 Å². The number of carbonyl (C=O) groups is 3. The van der Waals surface area contributed by atoms with Gasteiger partial charge in [-0.25, -0.2) is 9.97 Å². The van der Waals surface area contributed by atoms with Gasteiger partial charge in [0.15, 0.2) is 17.2 Å². The summed E-state index contributed by atoms with van der Waals surface area (Å²) in [6.07, 6.45) is 7.28. The Morgan fingerprint density at radius 3 is 2.61 bits per heavy atom. The van der Waals surface area contributed by atoms with E-state index < -0.39 is 5.91 Å². The highest BCUT2D eigenvalue weighted by Gasteiger charge is 2.30. The van der Waals surface area contributed by atoms with Crippen molar-refractivity contribution in [2.75, 3.05) is 60.9 Å². The molecule has 3 amide bonds. The van der Waals surface area contributed by atoms with Crippen molar-refractivity contribution < 1.29 is 23.2 Å². The predicted octanol–water partition coefficient (Wildman–Crippen LogP) is 3.41. The molecule has 0 unspecified atom stereocenters. The number of rotatable bonds is 10. The normalized spacial score (nSPS) is 17.0. The maximum atomic E-state index is 13.3. The van der Waals surface area contributed by atoms with E-state index in [1.54, 1.807) is 18.3 Å². The van der Waals surface area contributed by atoms with Crippen LogP contribution in [0.1, 0.15) is 64.8 Å². The van der Waals surface area contributed by atoms with E-state index in [2.05, 4.69) is 35.4 Å². The zero-order valence-corrected chi connectivity index (χ0v) is 24.3. The van der Waals surface area contributed by atoms with E-state index in [-0.39, 0.29) is 23.4 Å². The van der Waals surface area contributed by atoms with E-state index in [9.17, 15) is 14.4 Å². The number of amides is 3. The topological polar surface area (TPSA) is 150 Å². The Morgan fingerprint density at radius 2 is 1.84 bits per heavy atom. The fraction of sp³-hybridized carbons (Fsp3) is 0.419. The lowest BCUT2D eigenvalue weighted by atomic mass is 10.1. The summed E-state index contributed by atoms with van der Waals surface area (Å²) in [6, 6.07) is 9.53. The van der Waals surface area contributed by atoms with Crippen LogP contribution in [0.25, 0.3) is 11.2 Å². The summed E-state index contributed by atoms with van der Waals surface area (Å²) >= 11 is 0. The van der Waals surface area contributed by atoms with E-state index in [0.717, 1.165) is 31.5 Å². The number of benzene rings is 1. The highest BCUT2D eigenvalue weighted by atomic mass is 16.4. The highest BCUT2D eigenvalue weighted by Crippen LogP contribution is 2.39. The van der Waals surface area contributed by atoms with Crippen molar-refractivity contribution in [1.82, 2.24) is 25.2 Å². The van der Waals surface area contributed by atoms with Crippen LogP contribution in [0.4, 0.5) is 17.4 Å². The molecule has 228 valence electrons. The van der Waals surface area contributed by atoms with Crippen molar-refractivity contribution in [3.05, 3.63) is 59.9 Å². The summed E-state index contributed by atoms with van der Waals surface area (Å²) in [6.45, 7) is 4.45. The minimum Gasteiger partial charge on any atom is -0.448 e. The molecule has 2 saturated heterocycles. The van der Waals surface area contributed by atoms with Crippen molar-refractivity contribution >= 4 is 46.3 Å². The molecule has 3 fully saturated rings. The Labute approximate surface area is 253 Å². The molecule has 13 nitrogen and oxygen atoms in total. The van der Waals surface area contributed by atoms with Crippen LogP contribution in [0.3, 0.4) is 0 Å². The molecule has 0 spiro atoms. The number of anilines is 3. The SMILES string of the molecule is O=C(NCCCN1CCCC1=O)c1ccc(N2CCN(c3nc4ncccc4o3)CC2)c(NC(=O)c2coc(C3CC3)n2)c1. The van der Waals surface area contributed by atoms with Gasteiger partial charge in [0, 0.05) is 69.9 Å². The van der Waals surface area contributed by atoms with Gasteiger partial charge in [0.25, 0.3) is 17.8 Å². The smallest absolute Gasteiger partial charge is 0.300 e. The number of aromatic nitrogens is 3. The molecule has 0 atom stereocenters. The standard InChI is InChI=1S/C31H34N8O5/c40-26-5-2-12-38(26)13-3-11-33-28(41)21-8-9-24(22(18-21)34-29(42)23-19-43-30(35-23)20-6-7-20)37-14-16-39(17-15-37)31-36-27-25(44-31)4-1-10-32-27/h1,4,8-10,18-20H,2-3,5-7,11-17H2,(H,33,41)(H,34,42). The predicted molar refractivity (Wildman–Crippen MR) is 162 cm³/mol. The van der Waals surface area contributed by atoms with Gasteiger partial charge < -0.3 is 34.2 Å². The van der Waals surface area contributed by atoms with Crippen molar-refractivity contribution in [2.45, 2.75) is 38.0 Å². The van der Waals surface area contributed by atoms with Gasteiger partial charge in [0.2, 0.25) is 11.6 Å². The fourth-order valence-electron chi connectivity index (χ4n) is 5.70. The van der Waals surface area contributed by atoms with Gasteiger partial charge in [-0.1, -0.05) is 0 Å². The summed E-state index contributed by atoms with van der Waals surface area (Å²) in [4.78, 5) is 57.4. The maximum Gasteiger partial charge on any atom is 0.300 e. The largest absolute Gasteiger partial charge is 0.448 e. The third-order valence-electron chi connectivity index (χ3n) is 8.29. The lowest BCUT2D eigenvalue weighted by molar-refractivity contribution is -0.127. The number of carbonyl (C=O) groups excluding carboxylic acids is 3. The molecule has 3 aliphatic rings. The molecular weight excluding hydrogens is 564 g/mol. The van der Waals surface area contributed by atoms with Gasteiger partial charge in [-0.3, -0.25) is 14.4 Å². The van der Waals surface area contributed by atoms with Gasteiger partial charge in [-0.15, -0.1) is 0 Å². The number of pyridine rings is 1. The Morgan fingerprint density at radius 1 is 1.00 bits per heavy atom. The number of likely N-dealkylation sites (tertiary alicyclic amines) is 1. The van der Waals surface area contributed by atoms with Crippen LogP contribution in [0.5, 0.6) is 0 Å². The summed E-state index contributed by atoms with van der Waals surface area (Å²) in [7, 11) is 0. The van der Waals surface area contributed by atoms with E-state index in [4.69, 9.17) is 8.83 Å². The van der Waals surface area contributed by atoms with Crippen LogP contribution in [-0.4, -0.2) is 83.4 Å². The third-order valence-corrected chi connectivity index (χ3v) is 8.29. The van der Waals surface area contributed by atoms with E-state index in [1.807, 2.05) is 23.1 Å². The molecule has 2 aliphatic heterocycles. The molecule has 7 rings (SSSR count). The molecule has 1 aliphatic carbocycles. The second kappa shape index (κ2) is 12.0. The van der Waals surface area contributed by atoms with Gasteiger partial charge in [-0.2, -0.15) is 4.98 Å². The quantitative estimate of drug-likeness (QED) is 0.260. The Bertz CT molecular complexity index is 1650. The third kappa shape index (κ3) is 5.94. The van der Waals surface area contributed by atoms with Crippen LogP contribution < -0.4 is 20.4 Å². The van der Waals surface area contributed by atoms with Crippen molar-refractivity contribution in [3.63, 3.8) is 0 Å². The molecular formula is C31H34N8O5. The van der Waals surface area contributed by atoms with Crippen molar-refractivity contribution in [1.29, 1.82) is 0 Å². The summed E-state index contributed by atoms with van der Waals surface area (Å²) in [5.74, 6) is 0.412. The fourth-order valence-corrected chi connectivity index (χ4v) is 5.70. The molecule has 5 heterocycles. The first-order chi connectivity index (χ1) is 21.5. The van der Waals surface area contributed by atoms with Gasteiger partial charge in [0.05, 0.1) is 11.4 Å². The summed E-state index contributed by atoms with van der Waals surface area (Å²) < 4.78 is 11.4. The number of hydrogen-bond acceptors (Lipinski definition) is 10. The Kier molecular flexibility index (Phi) is 7.59. The van der Waals surface area contributed by atoms with Crippen molar-refractivity contribution in [3.8, 4) is 0 Å². The molecule has 13 heteroatoms. The summed E-state index contributed by atoms with van der Waals surface area (Å²) in [5, 5.41) is 5.93. The zero-order chi connectivity index (χ0) is 30.0. The number of oxazole rings is 2. The molecule has 4 aromatic rings. The van der Waals surface area contributed by atoms with Crippen LogP contribution in [0.15, 0.2) is 51.6 Å². The monoisotopic (exact) mass is 598 g/mol. The minimum absolute atomic E-state index is 0.176. The number of hydrogen-bond donors (Lipinski definition) is 2. The molecule has 44 heavy (non-hydrogen) atoms. The van der Waals surface area contributed by atoms with Crippen molar-refractivity contribution in [2.24, 2.45) is 0 Å². The average molecular weight is 599 g/mol. The second-order valence-corrected chi connectivity index (χ2v) is 11.4. The highest BCUT2D eigenvalue weighted by molar-refractivity contribution is 6.06. The van der Waals surface area contributed by atoms with Gasteiger partial charge in [0.1, 0.15) is 6.26 Å². The second-order valence-electron chi connectivity index (χ2n) is 11.4.